The monoisotopic (exact) mass is 246 g/mol. The van der Waals surface area contributed by atoms with E-state index >= 15 is 0 Å². The molecular formula is C16H22O2. The number of carbonyl (C=O) groups excluding carboxylic acids is 1. The van der Waals surface area contributed by atoms with Gasteiger partial charge < -0.3 is 4.74 Å². The Labute approximate surface area is 109 Å². The van der Waals surface area contributed by atoms with Gasteiger partial charge >= 0.3 is 0 Å². The summed E-state index contributed by atoms with van der Waals surface area (Å²) in [5.41, 5.74) is 2.75. The van der Waals surface area contributed by atoms with Crippen LogP contribution in [0.5, 0.6) is 5.75 Å². The molecule has 1 saturated carbocycles. The maximum Gasteiger partial charge on any atom is 0.132 e. The minimum atomic E-state index is 0.199. The van der Waals surface area contributed by atoms with E-state index < -0.39 is 0 Å². The lowest BCUT2D eigenvalue weighted by atomic mass is 9.67. The van der Waals surface area contributed by atoms with E-state index in [0.717, 1.165) is 37.9 Å². The Morgan fingerprint density at radius 1 is 1.28 bits per heavy atom. The molecule has 0 saturated heterocycles. The van der Waals surface area contributed by atoms with E-state index in [0.29, 0.717) is 5.78 Å². The van der Waals surface area contributed by atoms with E-state index in [1.807, 2.05) is 0 Å². The predicted octanol–water partition coefficient (Wildman–Crippen LogP) is 3.79. The molecule has 2 rings (SSSR count). The van der Waals surface area contributed by atoms with Gasteiger partial charge in [-0.05, 0) is 48.8 Å². The number of hydrogen-bond acceptors (Lipinski definition) is 2. The molecule has 0 spiro atoms. The number of ether oxygens (including phenoxy) is 1. The highest BCUT2D eigenvalue weighted by atomic mass is 16.5. The minimum absolute atomic E-state index is 0.199. The number of methoxy groups -OCH3 is 1. The molecule has 2 nitrogen and oxygen atoms in total. The van der Waals surface area contributed by atoms with Gasteiger partial charge in [-0.2, -0.15) is 0 Å². The number of hydrogen-bond donors (Lipinski definition) is 0. The van der Waals surface area contributed by atoms with Crippen molar-refractivity contribution in [2.45, 2.75) is 51.4 Å². The van der Waals surface area contributed by atoms with Gasteiger partial charge in [0.05, 0.1) is 7.11 Å². The Kier molecular flexibility index (Phi) is 3.74. The van der Waals surface area contributed by atoms with Crippen molar-refractivity contribution in [1.82, 2.24) is 0 Å². The number of carbonyl (C=O) groups is 1. The summed E-state index contributed by atoms with van der Waals surface area (Å²) >= 11 is 0. The quantitative estimate of drug-likeness (QED) is 0.811. The summed E-state index contributed by atoms with van der Waals surface area (Å²) in [6.07, 6.45) is 4.56. The molecule has 0 bridgehead atoms. The highest BCUT2D eigenvalue weighted by Crippen LogP contribution is 2.42. The lowest BCUT2D eigenvalue weighted by Gasteiger charge is -2.37. The number of aryl methyl sites for hydroxylation is 1. The molecule has 1 aliphatic rings. The second-order valence-corrected chi connectivity index (χ2v) is 5.36. The summed E-state index contributed by atoms with van der Waals surface area (Å²) in [4.78, 5) is 11.4. The molecule has 0 aromatic heterocycles. The fourth-order valence-electron chi connectivity index (χ4n) is 3.06. The maximum atomic E-state index is 11.4. The zero-order chi connectivity index (χ0) is 13.2. The molecule has 0 N–H and O–H groups in total. The Balaban J connectivity index is 2.33. The first-order chi connectivity index (χ1) is 8.61. The lowest BCUT2D eigenvalue weighted by molar-refractivity contribution is -0.121. The van der Waals surface area contributed by atoms with E-state index in [-0.39, 0.29) is 5.41 Å². The van der Waals surface area contributed by atoms with Gasteiger partial charge in [0.25, 0.3) is 0 Å². The molecule has 1 aromatic carbocycles. The van der Waals surface area contributed by atoms with Crippen LogP contribution < -0.4 is 4.74 Å². The molecule has 0 aliphatic heterocycles. The van der Waals surface area contributed by atoms with Crippen LogP contribution in [0.2, 0.25) is 0 Å². The van der Waals surface area contributed by atoms with Crippen LogP contribution >= 0.6 is 0 Å². The summed E-state index contributed by atoms with van der Waals surface area (Å²) in [7, 11) is 1.71. The molecule has 1 aliphatic carbocycles. The third kappa shape index (κ3) is 2.29. The van der Waals surface area contributed by atoms with Crippen LogP contribution in [0.3, 0.4) is 0 Å². The summed E-state index contributed by atoms with van der Waals surface area (Å²) in [6, 6.07) is 6.46. The van der Waals surface area contributed by atoms with Crippen molar-refractivity contribution in [3.05, 3.63) is 29.3 Å². The molecule has 0 unspecified atom stereocenters. The molecule has 18 heavy (non-hydrogen) atoms. The van der Waals surface area contributed by atoms with Crippen LogP contribution in [0.1, 0.15) is 50.2 Å². The normalized spacial score (nSPS) is 18.7. The van der Waals surface area contributed by atoms with Crippen LogP contribution in [0.25, 0.3) is 0 Å². The predicted molar refractivity (Wildman–Crippen MR) is 73.2 cm³/mol. The highest BCUT2D eigenvalue weighted by Gasteiger charge is 2.34. The van der Waals surface area contributed by atoms with Gasteiger partial charge in [-0.3, -0.25) is 4.79 Å². The van der Waals surface area contributed by atoms with Crippen molar-refractivity contribution < 1.29 is 9.53 Å². The van der Waals surface area contributed by atoms with E-state index in [4.69, 9.17) is 4.74 Å². The fourth-order valence-corrected chi connectivity index (χ4v) is 3.06. The average Bonchev–Trinajstić information content (AvgIpc) is 2.40. The Bertz CT molecular complexity index is 438. The Morgan fingerprint density at radius 2 is 1.94 bits per heavy atom. The zero-order valence-corrected chi connectivity index (χ0v) is 11.6. The Hall–Kier alpha value is -1.31. The molecular weight excluding hydrogens is 224 g/mol. The topological polar surface area (TPSA) is 26.3 Å². The number of benzene rings is 1. The fraction of sp³-hybridized carbons (Fsp3) is 0.562. The van der Waals surface area contributed by atoms with E-state index in [1.165, 1.54) is 11.1 Å². The highest BCUT2D eigenvalue weighted by molar-refractivity contribution is 5.79. The summed E-state index contributed by atoms with van der Waals surface area (Å²) < 4.78 is 5.32. The zero-order valence-electron chi connectivity index (χ0n) is 11.6. The summed E-state index contributed by atoms with van der Waals surface area (Å²) in [5, 5.41) is 0. The van der Waals surface area contributed by atoms with Crippen molar-refractivity contribution in [1.29, 1.82) is 0 Å². The molecule has 2 heteroatoms. The number of Topliss-reactive ketones (excluding diaryl/α,β-unsaturated/α-hetero) is 1. The summed E-state index contributed by atoms with van der Waals surface area (Å²) in [5.74, 6) is 1.36. The van der Waals surface area contributed by atoms with E-state index in [2.05, 4.69) is 32.0 Å². The first-order valence-electron chi connectivity index (χ1n) is 6.78. The number of ketones is 1. The molecule has 0 amide bonds. The van der Waals surface area contributed by atoms with Crippen LogP contribution in [-0.2, 0) is 10.2 Å². The average molecular weight is 246 g/mol. The maximum absolute atomic E-state index is 11.4. The Morgan fingerprint density at radius 3 is 2.44 bits per heavy atom. The third-order valence-electron chi connectivity index (χ3n) is 4.45. The van der Waals surface area contributed by atoms with Crippen molar-refractivity contribution in [3.63, 3.8) is 0 Å². The lowest BCUT2D eigenvalue weighted by Crippen LogP contribution is -2.31. The van der Waals surface area contributed by atoms with Crippen LogP contribution in [0.4, 0.5) is 0 Å². The van der Waals surface area contributed by atoms with Gasteiger partial charge in [-0.25, -0.2) is 0 Å². The van der Waals surface area contributed by atoms with E-state index in [1.54, 1.807) is 7.11 Å². The molecule has 98 valence electrons. The molecule has 0 heterocycles. The van der Waals surface area contributed by atoms with Crippen molar-refractivity contribution in [2.24, 2.45) is 0 Å². The van der Waals surface area contributed by atoms with Gasteiger partial charge in [0.2, 0.25) is 0 Å². The largest absolute Gasteiger partial charge is 0.496 e. The standard InChI is InChI=1S/C16H22O2/c1-4-16(9-7-14(17)8-10-16)13-5-6-15(18-3)12(2)11-13/h5-6,11H,4,7-10H2,1-3H3. The molecule has 0 atom stereocenters. The third-order valence-corrected chi connectivity index (χ3v) is 4.45. The molecule has 0 radical (unpaired) electrons. The second-order valence-electron chi connectivity index (χ2n) is 5.36. The van der Waals surface area contributed by atoms with Gasteiger partial charge in [-0.1, -0.05) is 19.1 Å². The van der Waals surface area contributed by atoms with Crippen LogP contribution in [-0.4, -0.2) is 12.9 Å². The van der Waals surface area contributed by atoms with Gasteiger partial charge in [0.1, 0.15) is 11.5 Å². The van der Waals surface area contributed by atoms with Crippen LogP contribution in [0, 0.1) is 6.92 Å². The number of rotatable bonds is 3. The minimum Gasteiger partial charge on any atom is -0.496 e. The van der Waals surface area contributed by atoms with Crippen molar-refractivity contribution in [3.8, 4) is 5.75 Å². The SMILES string of the molecule is CCC1(c2ccc(OC)c(C)c2)CCC(=O)CC1. The first-order valence-corrected chi connectivity index (χ1v) is 6.78. The van der Waals surface area contributed by atoms with Crippen molar-refractivity contribution >= 4 is 5.78 Å². The molecule has 1 aromatic rings. The van der Waals surface area contributed by atoms with Crippen molar-refractivity contribution in [2.75, 3.05) is 7.11 Å². The van der Waals surface area contributed by atoms with Gasteiger partial charge in [0, 0.05) is 12.8 Å². The van der Waals surface area contributed by atoms with E-state index in [9.17, 15) is 4.79 Å². The van der Waals surface area contributed by atoms with Crippen LogP contribution in [0.15, 0.2) is 18.2 Å². The summed E-state index contributed by atoms with van der Waals surface area (Å²) in [6.45, 7) is 4.31. The second kappa shape index (κ2) is 5.13. The smallest absolute Gasteiger partial charge is 0.132 e. The molecule has 1 fully saturated rings. The first kappa shape index (κ1) is 13.1. The van der Waals surface area contributed by atoms with Gasteiger partial charge in [-0.15, -0.1) is 0 Å². The van der Waals surface area contributed by atoms with Gasteiger partial charge in [0.15, 0.2) is 0 Å².